The van der Waals surface area contributed by atoms with E-state index >= 15 is 0 Å². The largest absolute Gasteiger partial charge is 0.454 e. The van der Waals surface area contributed by atoms with Crippen LogP contribution in [0.2, 0.25) is 10.0 Å². The van der Waals surface area contributed by atoms with Crippen molar-refractivity contribution in [2.45, 2.75) is 0 Å². The van der Waals surface area contributed by atoms with Gasteiger partial charge in [0.05, 0.1) is 10.0 Å². The zero-order valence-electron chi connectivity index (χ0n) is 12.7. The van der Waals surface area contributed by atoms with Crippen LogP contribution >= 0.6 is 23.2 Å². The van der Waals surface area contributed by atoms with Crippen LogP contribution in [0.3, 0.4) is 0 Å². The second kappa shape index (κ2) is 7.34. The second-order valence-electron chi connectivity index (χ2n) is 4.97. The molecule has 0 aliphatic carbocycles. The number of carbonyl (C=O) groups is 1. The highest BCUT2D eigenvalue weighted by Gasteiger charge is 2.14. The van der Waals surface area contributed by atoms with Gasteiger partial charge in [-0.15, -0.1) is 0 Å². The van der Waals surface area contributed by atoms with Gasteiger partial charge in [0.2, 0.25) is 6.79 Å². The van der Waals surface area contributed by atoms with E-state index in [1.165, 1.54) is 12.3 Å². The molecular formula is C17H11Cl2N3O3. The smallest absolute Gasteiger partial charge is 0.267 e. The number of ether oxygens (including phenoxy) is 2. The Morgan fingerprint density at radius 1 is 1.08 bits per heavy atom. The third-order valence-electron chi connectivity index (χ3n) is 3.30. The molecule has 8 heteroatoms. The van der Waals surface area contributed by atoms with Gasteiger partial charge >= 0.3 is 0 Å². The Bertz CT molecular complexity index is 906. The summed E-state index contributed by atoms with van der Waals surface area (Å²) in [5, 5.41) is 15.3. The number of benzene rings is 2. The van der Waals surface area contributed by atoms with Crippen molar-refractivity contribution in [2.24, 2.45) is 0 Å². The number of hydrogen-bond acceptors (Lipinski definition) is 5. The average Bonchev–Trinajstić information content (AvgIpc) is 3.06. The maximum Gasteiger partial charge on any atom is 0.267 e. The van der Waals surface area contributed by atoms with E-state index in [1.807, 2.05) is 6.07 Å². The van der Waals surface area contributed by atoms with E-state index in [-0.39, 0.29) is 12.4 Å². The molecule has 0 spiro atoms. The zero-order chi connectivity index (χ0) is 17.8. The normalized spacial score (nSPS) is 12.4. The van der Waals surface area contributed by atoms with Gasteiger partial charge in [-0.1, -0.05) is 23.2 Å². The average molecular weight is 376 g/mol. The lowest BCUT2D eigenvalue weighted by atomic mass is 10.2. The van der Waals surface area contributed by atoms with Gasteiger partial charge < -0.3 is 20.1 Å². The molecule has 0 unspecified atom stereocenters. The first kappa shape index (κ1) is 17.0. The second-order valence-corrected chi connectivity index (χ2v) is 5.78. The van der Waals surface area contributed by atoms with Crippen molar-refractivity contribution in [3.05, 3.63) is 58.2 Å². The minimum atomic E-state index is -0.575. The Kier molecular flexibility index (Phi) is 4.98. The number of halogens is 2. The van der Waals surface area contributed by atoms with Crippen LogP contribution in [0.4, 0.5) is 11.4 Å². The minimum Gasteiger partial charge on any atom is -0.454 e. The van der Waals surface area contributed by atoms with Crippen LogP contribution in [0.5, 0.6) is 11.5 Å². The molecule has 6 nitrogen and oxygen atoms in total. The molecule has 2 aromatic rings. The van der Waals surface area contributed by atoms with E-state index in [0.717, 1.165) is 0 Å². The molecule has 0 bridgehead atoms. The summed E-state index contributed by atoms with van der Waals surface area (Å²) < 4.78 is 10.5. The molecule has 0 fully saturated rings. The van der Waals surface area contributed by atoms with Gasteiger partial charge in [0, 0.05) is 23.6 Å². The summed E-state index contributed by atoms with van der Waals surface area (Å²) in [5.74, 6) is 0.665. The SMILES string of the molecule is N#C/C(=C/Nc1ccc2c(c1)OCO2)C(=O)Nc1ccc(Cl)c(Cl)c1. The fourth-order valence-electron chi connectivity index (χ4n) is 2.06. The maximum absolute atomic E-state index is 12.2. The van der Waals surface area contributed by atoms with Crippen molar-refractivity contribution in [3.63, 3.8) is 0 Å². The van der Waals surface area contributed by atoms with Crippen LogP contribution < -0.4 is 20.1 Å². The fourth-order valence-corrected chi connectivity index (χ4v) is 2.36. The lowest BCUT2D eigenvalue weighted by molar-refractivity contribution is -0.112. The van der Waals surface area contributed by atoms with E-state index in [0.29, 0.717) is 32.9 Å². The molecule has 1 aliphatic heterocycles. The van der Waals surface area contributed by atoms with Gasteiger partial charge in [0.25, 0.3) is 5.91 Å². The third kappa shape index (κ3) is 3.97. The lowest BCUT2D eigenvalue weighted by Gasteiger charge is -2.06. The zero-order valence-corrected chi connectivity index (χ0v) is 14.2. The first-order chi connectivity index (χ1) is 12.1. The molecule has 0 saturated heterocycles. The summed E-state index contributed by atoms with van der Waals surface area (Å²) in [6.45, 7) is 0.171. The van der Waals surface area contributed by atoms with Gasteiger partial charge in [-0.3, -0.25) is 4.79 Å². The van der Waals surface area contributed by atoms with Gasteiger partial charge in [-0.25, -0.2) is 0 Å². The molecule has 0 radical (unpaired) electrons. The topological polar surface area (TPSA) is 83.4 Å². The number of nitrogens with one attached hydrogen (secondary N) is 2. The van der Waals surface area contributed by atoms with Crippen molar-refractivity contribution in [1.82, 2.24) is 0 Å². The number of rotatable bonds is 4. The first-order valence-electron chi connectivity index (χ1n) is 7.09. The molecule has 3 rings (SSSR count). The van der Waals surface area contributed by atoms with Crippen LogP contribution in [-0.4, -0.2) is 12.7 Å². The molecule has 1 amide bonds. The quantitative estimate of drug-likeness (QED) is 0.618. The number of amides is 1. The number of nitriles is 1. The van der Waals surface area contributed by atoms with Crippen molar-refractivity contribution in [2.75, 3.05) is 17.4 Å². The highest BCUT2D eigenvalue weighted by molar-refractivity contribution is 6.42. The number of fused-ring (bicyclic) bond motifs is 1. The fraction of sp³-hybridized carbons (Fsp3) is 0.0588. The molecule has 2 N–H and O–H groups in total. The molecular weight excluding hydrogens is 365 g/mol. The Morgan fingerprint density at radius 3 is 2.60 bits per heavy atom. The van der Waals surface area contributed by atoms with Gasteiger partial charge in [-0.2, -0.15) is 5.26 Å². The molecule has 2 aromatic carbocycles. The Hall–Kier alpha value is -2.88. The molecule has 1 heterocycles. The van der Waals surface area contributed by atoms with Gasteiger partial charge in [0.1, 0.15) is 11.6 Å². The molecule has 126 valence electrons. The maximum atomic E-state index is 12.2. The number of anilines is 2. The van der Waals surface area contributed by atoms with Crippen molar-refractivity contribution in [1.29, 1.82) is 5.26 Å². The summed E-state index contributed by atoms with van der Waals surface area (Å²) >= 11 is 11.7. The van der Waals surface area contributed by atoms with Crippen molar-refractivity contribution in [3.8, 4) is 17.6 Å². The number of hydrogen-bond donors (Lipinski definition) is 2. The number of carbonyl (C=O) groups excluding carboxylic acids is 1. The monoisotopic (exact) mass is 375 g/mol. The standard InChI is InChI=1S/C17H11Cl2N3O3/c18-13-3-1-12(5-14(13)19)22-17(23)10(7-20)8-21-11-2-4-15-16(6-11)25-9-24-15/h1-6,8,21H,9H2,(H,22,23)/b10-8-. The molecule has 25 heavy (non-hydrogen) atoms. The van der Waals surface area contributed by atoms with Crippen LogP contribution in [-0.2, 0) is 4.79 Å². The van der Waals surface area contributed by atoms with Crippen LogP contribution in [0.25, 0.3) is 0 Å². The van der Waals surface area contributed by atoms with Gasteiger partial charge in [-0.05, 0) is 30.3 Å². The molecule has 1 aliphatic rings. The van der Waals surface area contributed by atoms with Crippen LogP contribution in [0.15, 0.2) is 48.2 Å². The summed E-state index contributed by atoms with van der Waals surface area (Å²) in [6.07, 6.45) is 1.31. The molecule has 0 saturated carbocycles. The third-order valence-corrected chi connectivity index (χ3v) is 4.04. The predicted molar refractivity (Wildman–Crippen MR) is 95.0 cm³/mol. The Balaban J connectivity index is 1.70. The summed E-state index contributed by atoms with van der Waals surface area (Å²) in [4.78, 5) is 12.2. The van der Waals surface area contributed by atoms with Crippen LogP contribution in [0.1, 0.15) is 0 Å². The van der Waals surface area contributed by atoms with E-state index in [2.05, 4.69) is 10.6 Å². The highest BCUT2D eigenvalue weighted by atomic mass is 35.5. The summed E-state index contributed by atoms with van der Waals surface area (Å²) in [6, 6.07) is 11.7. The highest BCUT2D eigenvalue weighted by Crippen LogP contribution is 2.34. The minimum absolute atomic E-state index is 0.108. The molecule has 0 atom stereocenters. The van der Waals surface area contributed by atoms with Crippen LogP contribution in [0, 0.1) is 11.3 Å². The van der Waals surface area contributed by atoms with E-state index in [9.17, 15) is 10.1 Å². The number of nitrogens with zero attached hydrogens (tertiary/aromatic N) is 1. The predicted octanol–water partition coefficient (Wildman–Crippen LogP) is 4.18. The lowest BCUT2D eigenvalue weighted by Crippen LogP contribution is -2.14. The van der Waals surface area contributed by atoms with Crippen molar-refractivity contribution < 1.29 is 14.3 Å². The summed E-state index contributed by atoms with van der Waals surface area (Å²) in [7, 11) is 0. The Morgan fingerprint density at radius 2 is 1.84 bits per heavy atom. The van der Waals surface area contributed by atoms with Crippen molar-refractivity contribution >= 4 is 40.5 Å². The first-order valence-corrected chi connectivity index (χ1v) is 7.85. The Labute approximate surface area is 153 Å². The van der Waals surface area contributed by atoms with E-state index in [4.69, 9.17) is 32.7 Å². The summed E-state index contributed by atoms with van der Waals surface area (Å²) in [5.41, 5.74) is 0.978. The van der Waals surface area contributed by atoms with Gasteiger partial charge in [0.15, 0.2) is 11.5 Å². The van der Waals surface area contributed by atoms with E-state index < -0.39 is 5.91 Å². The van der Waals surface area contributed by atoms with E-state index in [1.54, 1.807) is 30.3 Å². The molecule has 0 aromatic heterocycles.